The molecule has 0 aliphatic carbocycles. The van der Waals surface area contributed by atoms with Gasteiger partial charge in [0, 0.05) is 31.5 Å². The Morgan fingerprint density at radius 2 is 2.00 bits per heavy atom. The molecule has 3 rings (SSSR count). The molecule has 126 valence electrons. The van der Waals surface area contributed by atoms with Crippen LogP contribution in [0.15, 0.2) is 54.9 Å². The fourth-order valence-corrected chi connectivity index (χ4v) is 3.56. The standard InChI is InChI=1S/C20H25N3O/c1-22(14-17-7-3-2-4-8-17)20(24)19-10-6-12-23(16-19)15-18-9-5-11-21-13-18/h2-5,7-9,11,13,19H,6,10,12,14-16H2,1H3/p+1/t19-/m0/s1. The minimum Gasteiger partial charge on any atom is -0.341 e. The van der Waals surface area contributed by atoms with Crippen molar-refractivity contribution in [1.82, 2.24) is 9.88 Å². The van der Waals surface area contributed by atoms with Crippen molar-refractivity contribution in [3.8, 4) is 0 Å². The van der Waals surface area contributed by atoms with Crippen LogP contribution in [-0.2, 0) is 17.9 Å². The molecule has 0 bridgehead atoms. The zero-order valence-corrected chi connectivity index (χ0v) is 14.3. The first-order chi connectivity index (χ1) is 11.7. The number of nitrogens with one attached hydrogen (secondary N) is 1. The lowest BCUT2D eigenvalue weighted by atomic mass is 9.96. The van der Waals surface area contributed by atoms with Gasteiger partial charge in [-0.15, -0.1) is 0 Å². The predicted molar refractivity (Wildman–Crippen MR) is 94.3 cm³/mol. The Labute approximate surface area is 144 Å². The van der Waals surface area contributed by atoms with Gasteiger partial charge in [-0.3, -0.25) is 9.78 Å². The molecule has 1 aliphatic heterocycles. The summed E-state index contributed by atoms with van der Waals surface area (Å²) in [5, 5.41) is 0. The third kappa shape index (κ3) is 4.42. The largest absolute Gasteiger partial charge is 0.341 e. The van der Waals surface area contributed by atoms with Gasteiger partial charge in [-0.2, -0.15) is 0 Å². The second kappa shape index (κ2) is 8.06. The zero-order chi connectivity index (χ0) is 16.8. The number of aromatic nitrogens is 1. The second-order valence-corrected chi connectivity index (χ2v) is 6.76. The van der Waals surface area contributed by atoms with E-state index in [1.807, 2.05) is 42.4 Å². The molecule has 1 saturated heterocycles. The highest BCUT2D eigenvalue weighted by atomic mass is 16.2. The van der Waals surface area contributed by atoms with Crippen molar-refractivity contribution in [1.29, 1.82) is 0 Å². The van der Waals surface area contributed by atoms with Crippen molar-refractivity contribution in [2.75, 3.05) is 20.1 Å². The van der Waals surface area contributed by atoms with Crippen LogP contribution in [0.2, 0.25) is 0 Å². The molecule has 2 atom stereocenters. The predicted octanol–water partition coefficient (Wildman–Crippen LogP) is 1.54. The molecule has 1 amide bonds. The molecule has 2 aromatic rings. The number of rotatable bonds is 5. The SMILES string of the molecule is CN(Cc1ccccc1)C(=O)[C@H]1CCC[NH+](Cc2cccnc2)C1. The summed E-state index contributed by atoms with van der Waals surface area (Å²) in [7, 11) is 1.92. The molecule has 1 fully saturated rings. The van der Waals surface area contributed by atoms with Gasteiger partial charge in [0.2, 0.25) is 5.91 Å². The smallest absolute Gasteiger partial charge is 0.231 e. The van der Waals surface area contributed by atoms with Crippen molar-refractivity contribution < 1.29 is 9.69 Å². The number of nitrogens with zero attached hydrogens (tertiary/aromatic N) is 2. The lowest BCUT2D eigenvalue weighted by Gasteiger charge is -2.31. The van der Waals surface area contributed by atoms with E-state index in [2.05, 4.69) is 23.2 Å². The molecule has 1 aromatic carbocycles. The topological polar surface area (TPSA) is 37.6 Å². The number of carbonyl (C=O) groups is 1. The van der Waals surface area contributed by atoms with Gasteiger partial charge in [-0.25, -0.2) is 0 Å². The Kier molecular flexibility index (Phi) is 5.59. The van der Waals surface area contributed by atoms with E-state index in [-0.39, 0.29) is 11.8 Å². The lowest BCUT2D eigenvalue weighted by molar-refractivity contribution is -0.921. The first-order valence-corrected chi connectivity index (χ1v) is 8.74. The fraction of sp³-hybridized carbons (Fsp3) is 0.400. The minimum atomic E-state index is 0.138. The Hall–Kier alpha value is -2.20. The maximum atomic E-state index is 12.8. The number of hydrogen-bond donors (Lipinski definition) is 1. The second-order valence-electron chi connectivity index (χ2n) is 6.76. The van der Waals surface area contributed by atoms with Gasteiger partial charge in [0.05, 0.1) is 19.0 Å². The number of hydrogen-bond acceptors (Lipinski definition) is 2. The van der Waals surface area contributed by atoms with Gasteiger partial charge in [-0.1, -0.05) is 36.4 Å². The van der Waals surface area contributed by atoms with E-state index in [0.717, 1.165) is 32.5 Å². The molecule has 4 nitrogen and oxygen atoms in total. The first kappa shape index (κ1) is 16.7. The summed E-state index contributed by atoms with van der Waals surface area (Å²) in [4.78, 5) is 20.4. The van der Waals surface area contributed by atoms with Crippen LogP contribution >= 0.6 is 0 Å². The van der Waals surface area contributed by atoms with E-state index >= 15 is 0 Å². The van der Waals surface area contributed by atoms with Gasteiger partial charge < -0.3 is 9.80 Å². The van der Waals surface area contributed by atoms with Crippen LogP contribution in [-0.4, -0.2) is 35.9 Å². The van der Waals surface area contributed by atoms with Gasteiger partial charge in [-0.05, 0) is 24.5 Å². The highest BCUT2D eigenvalue weighted by molar-refractivity contribution is 5.78. The number of carbonyl (C=O) groups excluding carboxylic acids is 1. The van der Waals surface area contributed by atoms with Crippen LogP contribution in [0.3, 0.4) is 0 Å². The van der Waals surface area contributed by atoms with E-state index in [1.54, 1.807) is 6.20 Å². The van der Waals surface area contributed by atoms with Crippen molar-refractivity contribution in [3.63, 3.8) is 0 Å². The van der Waals surface area contributed by atoms with Gasteiger partial charge in [0.15, 0.2) is 0 Å². The van der Waals surface area contributed by atoms with E-state index in [1.165, 1.54) is 16.0 Å². The molecular weight excluding hydrogens is 298 g/mol. The molecule has 1 aliphatic rings. The molecule has 1 aromatic heterocycles. The third-order valence-electron chi connectivity index (χ3n) is 4.78. The van der Waals surface area contributed by atoms with Gasteiger partial charge >= 0.3 is 0 Å². The fourth-order valence-electron chi connectivity index (χ4n) is 3.56. The average molecular weight is 324 g/mol. The molecule has 1 N–H and O–H groups in total. The van der Waals surface area contributed by atoms with E-state index in [4.69, 9.17) is 0 Å². The summed E-state index contributed by atoms with van der Waals surface area (Å²) in [6.07, 6.45) is 5.86. The summed E-state index contributed by atoms with van der Waals surface area (Å²) in [6, 6.07) is 14.3. The van der Waals surface area contributed by atoms with Crippen LogP contribution in [0.4, 0.5) is 0 Å². The maximum Gasteiger partial charge on any atom is 0.231 e. The van der Waals surface area contributed by atoms with Gasteiger partial charge in [0.1, 0.15) is 6.54 Å². The summed E-state index contributed by atoms with van der Waals surface area (Å²) in [6.45, 7) is 3.71. The maximum absolute atomic E-state index is 12.8. The summed E-state index contributed by atoms with van der Waals surface area (Å²) >= 11 is 0. The normalized spacial score (nSPS) is 20.5. The molecule has 0 saturated carbocycles. The Morgan fingerprint density at radius 1 is 1.21 bits per heavy atom. The minimum absolute atomic E-state index is 0.138. The van der Waals surface area contributed by atoms with E-state index in [0.29, 0.717) is 6.54 Å². The molecule has 0 radical (unpaired) electrons. The Bertz CT molecular complexity index is 644. The van der Waals surface area contributed by atoms with Gasteiger partial charge in [0.25, 0.3) is 0 Å². The molecule has 4 heteroatoms. The summed E-state index contributed by atoms with van der Waals surface area (Å²) in [5.41, 5.74) is 2.43. The summed E-state index contributed by atoms with van der Waals surface area (Å²) in [5.74, 6) is 0.418. The van der Waals surface area contributed by atoms with Crippen molar-refractivity contribution in [3.05, 3.63) is 66.0 Å². The molecule has 24 heavy (non-hydrogen) atoms. The molecular formula is C20H26N3O+. The van der Waals surface area contributed by atoms with Crippen LogP contribution < -0.4 is 4.90 Å². The Balaban J connectivity index is 1.56. The van der Waals surface area contributed by atoms with E-state index < -0.39 is 0 Å². The quantitative estimate of drug-likeness (QED) is 0.906. The number of benzene rings is 1. The van der Waals surface area contributed by atoms with Crippen LogP contribution in [0.1, 0.15) is 24.0 Å². The molecule has 0 spiro atoms. The number of quaternary nitrogens is 1. The number of likely N-dealkylation sites (tertiary alicyclic amines) is 1. The Morgan fingerprint density at radius 3 is 2.75 bits per heavy atom. The summed E-state index contributed by atoms with van der Waals surface area (Å²) < 4.78 is 0. The number of amides is 1. The monoisotopic (exact) mass is 324 g/mol. The van der Waals surface area contributed by atoms with Crippen molar-refractivity contribution >= 4 is 5.91 Å². The van der Waals surface area contributed by atoms with Crippen LogP contribution in [0.5, 0.6) is 0 Å². The lowest BCUT2D eigenvalue weighted by Crippen LogP contribution is -3.12. The molecule has 2 heterocycles. The van der Waals surface area contributed by atoms with Crippen LogP contribution in [0.25, 0.3) is 0 Å². The highest BCUT2D eigenvalue weighted by Gasteiger charge is 2.30. The van der Waals surface area contributed by atoms with Crippen molar-refractivity contribution in [2.45, 2.75) is 25.9 Å². The highest BCUT2D eigenvalue weighted by Crippen LogP contribution is 2.13. The molecule has 1 unspecified atom stereocenters. The number of piperidine rings is 1. The van der Waals surface area contributed by atoms with E-state index in [9.17, 15) is 4.79 Å². The van der Waals surface area contributed by atoms with Crippen molar-refractivity contribution in [2.24, 2.45) is 5.92 Å². The number of pyridine rings is 1. The zero-order valence-electron chi connectivity index (χ0n) is 14.3. The average Bonchev–Trinajstić information content (AvgIpc) is 2.63. The first-order valence-electron chi connectivity index (χ1n) is 8.74. The third-order valence-corrected chi connectivity index (χ3v) is 4.78. The van der Waals surface area contributed by atoms with Crippen LogP contribution in [0, 0.1) is 5.92 Å².